The monoisotopic (exact) mass is 579 g/mol. The van der Waals surface area contributed by atoms with Gasteiger partial charge in [0.15, 0.2) is 11.8 Å². The second kappa shape index (κ2) is 14.6. The number of amides is 2. The smallest absolute Gasteiger partial charge is 0.412 e. The molecule has 1 saturated heterocycles. The number of anilines is 1. The van der Waals surface area contributed by atoms with E-state index in [0.717, 1.165) is 13.1 Å². The van der Waals surface area contributed by atoms with E-state index < -0.39 is 42.4 Å². The number of carboxylic acid groups (broad SMARTS) is 2. The van der Waals surface area contributed by atoms with Gasteiger partial charge in [0.2, 0.25) is 6.23 Å². The molecule has 2 aromatic heterocycles. The van der Waals surface area contributed by atoms with E-state index in [-0.39, 0.29) is 5.69 Å². The van der Waals surface area contributed by atoms with E-state index in [1.165, 1.54) is 35.3 Å². The third-order valence-electron chi connectivity index (χ3n) is 5.46. The molecule has 0 bridgehead atoms. The molecule has 17 heteroatoms. The molecule has 4 N–H and O–H groups in total. The fourth-order valence-corrected chi connectivity index (χ4v) is 3.50. The van der Waals surface area contributed by atoms with E-state index in [2.05, 4.69) is 22.0 Å². The Morgan fingerprint density at radius 1 is 1.18 bits per heavy atom. The summed E-state index contributed by atoms with van der Waals surface area (Å²) in [6.07, 6.45) is -1.90. The third kappa shape index (κ3) is 8.04. The van der Waals surface area contributed by atoms with Gasteiger partial charge in [-0.1, -0.05) is 11.6 Å². The SMILES string of the molecule is CC#N.C[NH+]1CCN(C(=O)O[C@H]2c3nccnc3C(=O)N2c2ccc(Cl)cn2)CC1.O=C([O-])[C@H](O)[C@@H](O)C(=O)O. The van der Waals surface area contributed by atoms with Gasteiger partial charge >= 0.3 is 12.1 Å². The van der Waals surface area contributed by atoms with Crippen LogP contribution in [0.15, 0.2) is 30.7 Å². The maximum absolute atomic E-state index is 12.8. The molecule has 40 heavy (non-hydrogen) atoms. The van der Waals surface area contributed by atoms with E-state index >= 15 is 0 Å². The van der Waals surface area contributed by atoms with Gasteiger partial charge < -0.3 is 34.9 Å². The molecule has 0 saturated carbocycles. The predicted octanol–water partition coefficient (Wildman–Crippen LogP) is -2.78. The van der Waals surface area contributed by atoms with Gasteiger partial charge in [0.25, 0.3) is 5.91 Å². The number of carbonyl (C=O) groups excluding carboxylic acids is 3. The lowest BCUT2D eigenvalue weighted by atomic mass is 10.2. The Kier molecular flexibility index (Phi) is 11.6. The van der Waals surface area contributed by atoms with Crippen LogP contribution in [-0.4, -0.2) is 105 Å². The fourth-order valence-electron chi connectivity index (χ4n) is 3.39. The number of likely N-dealkylation sites (N-methyl/N-ethyl adjacent to an activating group) is 1. The summed E-state index contributed by atoms with van der Waals surface area (Å²) in [6.45, 7) is 4.31. The zero-order chi connectivity index (χ0) is 30.0. The van der Waals surface area contributed by atoms with Crippen molar-refractivity contribution < 1.29 is 49.2 Å². The lowest BCUT2D eigenvalue weighted by molar-refractivity contribution is -0.883. The van der Waals surface area contributed by atoms with Crippen LogP contribution in [0.3, 0.4) is 0 Å². The summed E-state index contributed by atoms with van der Waals surface area (Å²) >= 11 is 5.89. The first kappa shape index (κ1) is 31.8. The van der Waals surface area contributed by atoms with Gasteiger partial charge in [0.05, 0.1) is 50.3 Å². The molecule has 2 aliphatic rings. The first-order valence-electron chi connectivity index (χ1n) is 11.6. The van der Waals surface area contributed by atoms with Crippen molar-refractivity contribution in [3.05, 3.63) is 47.1 Å². The summed E-state index contributed by atoms with van der Waals surface area (Å²) < 4.78 is 5.69. The lowest BCUT2D eigenvalue weighted by Gasteiger charge is -2.31. The highest BCUT2D eigenvalue weighted by atomic mass is 35.5. The van der Waals surface area contributed by atoms with Gasteiger partial charge in [-0.25, -0.2) is 24.5 Å². The molecular weight excluding hydrogens is 554 g/mol. The van der Waals surface area contributed by atoms with Gasteiger partial charge in [-0.15, -0.1) is 0 Å². The highest BCUT2D eigenvalue weighted by molar-refractivity contribution is 6.30. The Bertz CT molecular complexity index is 1230. The van der Waals surface area contributed by atoms with Gasteiger partial charge in [0.1, 0.15) is 17.6 Å². The zero-order valence-electron chi connectivity index (χ0n) is 21.3. The minimum Gasteiger partial charge on any atom is -0.547 e. The molecule has 2 amide bonds. The topological polar surface area (TPSA) is 235 Å². The molecule has 0 aliphatic carbocycles. The van der Waals surface area contributed by atoms with E-state index in [0.29, 0.717) is 29.6 Å². The summed E-state index contributed by atoms with van der Waals surface area (Å²) in [4.78, 5) is 61.7. The maximum atomic E-state index is 12.8. The number of rotatable bonds is 5. The van der Waals surface area contributed by atoms with Crippen LogP contribution in [0, 0.1) is 11.3 Å². The van der Waals surface area contributed by atoms with Crippen molar-refractivity contribution in [2.75, 3.05) is 38.1 Å². The number of hydrogen-bond donors (Lipinski definition) is 4. The first-order chi connectivity index (χ1) is 18.9. The maximum Gasteiger partial charge on any atom is 0.412 e. The van der Waals surface area contributed by atoms with Crippen LogP contribution in [0.2, 0.25) is 5.02 Å². The predicted molar refractivity (Wildman–Crippen MR) is 131 cm³/mol. The first-order valence-corrected chi connectivity index (χ1v) is 11.9. The van der Waals surface area contributed by atoms with Gasteiger partial charge in [0, 0.05) is 25.5 Å². The zero-order valence-corrected chi connectivity index (χ0v) is 22.1. The van der Waals surface area contributed by atoms with E-state index in [1.807, 2.05) is 0 Å². The molecule has 4 rings (SSSR count). The molecule has 3 atom stereocenters. The molecule has 0 aromatic carbocycles. The van der Waals surface area contributed by atoms with Crippen LogP contribution in [0.4, 0.5) is 10.6 Å². The van der Waals surface area contributed by atoms with Crippen molar-refractivity contribution in [3.8, 4) is 6.07 Å². The minimum absolute atomic E-state index is 0.148. The molecule has 214 valence electrons. The normalized spacial score (nSPS) is 17.6. The number of aliphatic carboxylic acids is 2. The quantitative estimate of drug-likeness (QED) is 0.281. The second-order valence-corrected chi connectivity index (χ2v) is 8.69. The summed E-state index contributed by atoms with van der Waals surface area (Å²) in [5.74, 6) is -3.94. The van der Waals surface area contributed by atoms with Crippen LogP contribution in [0.25, 0.3) is 0 Å². The molecule has 0 spiro atoms. The Labute approximate surface area is 232 Å². The van der Waals surface area contributed by atoms with Crippen LogP contribution in [0.1, 0.15) is 29.3 Å². The van der Waals surface area contributed by atoms with E-state index in [1.54, 1.807) is 23.1 Å². The molecular formula is C23H26ClN7O9. The molecule has 0 unspecified atom stereocenters. The number of aliphatic hydroxyl groups is 2. The number of aliphatic hydroxyl groups excluding tert-OH is 2. The molecule has 1 fully saturated rings. The van der Waals surface area contributed by atoms with Gasteiger partial charge in [-0.2, -0.15) is 5.26 Å². The average Bonchev–Trinajstić information content (AvgIpc) is 3.20. The number of carbonyl (C=O) groups is 4. The number of nitrogens with zero attached hydrogens (tertiary/aromatic N) is 6. The van der Waals surface area contributed by atoms with Crippen LogP contribution < -0.4 is 14.9 Å². The van der Waals surface area contributed by atoms with Crippen LogP contribution in [-0.2, 0) is 14.3 Å². The van der Waals surface area contributed by atoms with Crippen LogP contribution >= 0.6 is 11.6 Å². The van der Waals surface area contributed by atoms with Crippen molar-refractivity contribution in [2.24, 2.45) is 0 Å². The number of nitrogens with one attached hydrogen (secondary N) is 1. The summed E-state index contributed by atoms with van der Waals surface area (Å²) in [6, 6.07) is 4.95. The van der Waals surface area contributed by atoms with Crippen LogP contribution in [0.5, 0.6) is 0 Å². The number of halogens is 1. The number of carboxylic acids is 2. The lowest BCUT2D eigenvalue weighted by Crippen LogP contribution is -3.12. The number of aromatic nitrogens is 3. The fraction of sp³-hybridized carbons (Fsp3) is 0.391. The van der Waals surface area contributed by atoms with Gasteiger partial charge in [-0.3, -0.25) is 14.7 Å². The van der Waals surface area contributed by atoms with E-state index in [9.17, 15) is 24.3 Å². The van der Waals surface area contributed by atoms with Crippen molar-refractivity contribution in [3.63, 3.8) is 0 Å². The van der Waals surface area contributed by atoms with Crippen molar-refractivity contribution in [1.29, 1.82) is 5.26 Å². The number of ether oxygens (including phenoxy) is 1. The number of pyridine rings is 1. The van der Waals surface area contributed by atoms with E-state index in [4.69, 9.17) is 36.9 Å². The van der Waals surface area contributed by atoms with Crippen molar-refractivity contribution in [1.82, 2.24) is 19.9 Å². The number of piperazine rings is 1. The Hall–Kier alpha value is -4.43. The third-order valence-corrected chi connectivity index (χ3v) is 5.68. The molecule has 2 aromatic rings. The van der Waals surface area contributed by atoms with Crippen molar-refractivity contribution in [2.45, 2.75) is 25.4 Å². The Morgan fingerprint density at radius 3 is 2.27 bits per heavy atom. The highest BCUT2D eigenvalue weighted by Gasteiger charge is 2.44. The summed E-state index contributed by atoms with van der Waals surface area (Å²) in [5, 5.41) is 41.9. The standard InChI is InChI=1S/C17H17ClN6O3.C4H6O6.C2H3N/c1-22-6-8-23(9-7-22)17(26)27-16-14-13(19-4-5-20-14)15(25)24(16)12-3-2-11(18)10-21-12;5-1(3(7)8)2(6)4(9)10;1-2-3/h2-5,10,16H,6-9H2,1H3;1-2,5-6H,(H,7,8)(H,9,10);1H3/t16-;1-,2-;/m01./s1. The molecule has 2 aliphatic heterocycles. The Morgan fingerprint density at radius 2 is 1.77 bits per heavy atom. The van der Waals surface area contributed by atoms with Gasteiger partial charge in [-0.05, 0) is 12.1 Å². The highest BCUT2D eigenvalue weighted by Crippen LogP contribution is 2.35. The summed E-state index contributed by atoms with van der Waals surface area (Å²) in [5.41, 5.74) is 0.447. The number of fused-ring (bicyclic) bond motifs is 1. The largest absolute Gasteiger partial charge is 0.547 e. The minimum atomic E-state index is -2.38. The molecule has 4 heterocycles. The number of hydrogen-bond acceptors (Lipinski definition) is 12. The average molecular weight is 580 g/mol. The molecule has 0 radical (unpaired) electrons. The Balaban J connectivity index is 0.000000364. The number of quaternary nitrogens is 1. The molecule has 16 nitrogen and oxygen atoms in total. The van der Waals surface area contributed by atoms with Crippen molar-refractivity contribution >= 4 is 41.4 Å². The summed E-state index contributed by atoms with van der Waals surface area (Å²) in [7, 11) is 2.08. The second-order valence-electron chi connectivity index (χ2n) is 8.25. The number of nitriles is 1.